The molecule has 37 heavy (non-hydrogen) atoms. The molecule has 1 saturated heterocycles. The number of benzene rings is 1. The minimum Gasteiger partial charge on any atom is -0.475 e. The Kier molecular flexibility index (Phi) is 11.4. The van der Waals surface area contributed by atoms with Crippen LogP contribution in [-0.4, -0.2) is 59.5 Å². The lowest BCUT2D eigenvalue weighted by molar-refractivity contribution is -0.192. The van der Waals surface area contributed by atoms with Crippen molar-refractivity contribution in [3.63, 3.8) is 0 Å². The van der Waals surface area contributed by atoms with Gasteiger partial charge in [-0.25, -0.2) is 4.79 Å². The predicted molar refractivity (Wildman–Crippen MR) is 132 cm³/mol. The summed E-state index contributed by atoms with van der Waals surface area (Å²) in [4.78, 5) is 48.1. The molecule has 1 saturated carbocycles. The van der Waals surface area contributed by atoms with Gasteiger partial charge in [0.25, 0.3) is 5.91 Å². The molecule has 3 rings (SSSR count). The van der Waals surface area contributed by atoms with Crippen molar-refractivity contribution in [3.05, 3.63) is 29.8 Å². The highest BCUT2D eigenvalue weighted by molar-refractivity contribution is 5.96. The number of nitrogens with one attached hydrogen (secondary N) is 2. The van der Waals surface area contributed by atoms with E-state index in [1.54, 1.807) is 29.2 Å². The SMILES string of the molecule is CC(C)C(=O)Nc1ccc(C(=O)N2CCCC(C(=O)NCC3CCCCC3)C2)cc1.O=C(O)C(F)(F)F. The van der Waals surface area contributed by atoms with Gasteiger partial charge in [-0.05, 0) is 55.9 Å². The fraction of sp³-hybridized carbons (Fsp3) is 0.615. The molecule has 0 spiro atoms. The molecule has 0 bridgehead atoms. The van der Waals surface area contributed by atoms with E-state index in [4.69, 9.17) is 9.90 Å². The molecule has 8 nitrogen and oxygen atoms in total. The number of carboxylic acids is 1. The summed E-state index contributed by atoms with van der Waals surface area (Å²) >= 11 is 0. The van der Waals surface area contributed by atoms with Gasteiger partial charge in [0.1, 0.15) is 0 Å². The van der Waals surface area contributed by atoms with Gasteiger partial charge in [0.15, 0.2) is 0 Å². The Bertz CT molecular complexity index is 928. The van der Waals surface area contributed by atoms with E-state index < -0.39 is 12.1 Å². The van der Waals surface area contributed by atoms with Crippen molar-refractivity contribution in [1.29, 1.82) is 0 Å². The molecule has 0 radical (unpaired) electrons. The number of aliphatic carboxylic acids is 1. The van der Waals surface area contributed by atoms with Crippen LogP contribution in [0.2, 0.25) is 0 Å². The highest BCUT2D eigenvalue weighted by Gasteiger charge is 2.38. The number of carbonyl (C=O) groups excluding carboxylic acids is 3. The highest BCUT2D eigenvalue weighted by atomic mass is 19.4. The third kappa shape index (κ3) is 10.0. The second-order valence-corrected chi connectivity index (χ2v) is 9.86. The van der Waals surface area contributed by atoms with E-state index in [9.17, 15) is 27.6 Å². The van der Waals surface area contributed by atoms with Crippen molar-refractivity contribution < 1.29 is 37.5 Å². The van der Waals surface area contributed by atoms with Gasteiger partial charge in [0.05, 0.1) is 5.92 Å². The second-order valence-electron chi connectivity index (χ2n) is 9.86. The Morgan fingerprint density at radius 3 is 2.14 bits per heavy atom. The van der Waals surface area contributed by atoms with E-state index in [0.29, 0.717) is 30.3 Å². The average Bonchev–Trinajstić information content (AvgIpc) is 2.87. The molecule has 1 heterocycles. The number of hydrogen-bond acceptors (Lipinski definition) is 4. The molecule has 0 aromatic heterocycles. The van der Waals surface area contributed by atoms with Crippen LogP contribution >= 0.6 is 0 Å². The van der Waals surface area contributed by atoms with Gasteiger partial charge in [-0.2, -0.15) is 13.2 Å². The topological polar surface area (TPSA) is 116 Å². The van der Waals surface area contributed by atoms with Crippen molar-refractivity contribution in [2.45, 2.75) is 65.0 Å². The van der Waals surface area contributed by atoms with Crippen LogP contribution in [0.25, 0.3) is 0 Å². The number of carbonyl (C=O) groups is 4. The number of alkyl halides is 3. The van der Waals surface area contributed by atoms with E-state index in [0.717, 1.165) is 19.4 Å². The predicted octanol–water partition coefficient (Wildman–Crippen LogP) is 4.46. The molecular weight excluding hydrogens is 491 g/mol. The van der Waals surface area contributed by atoms with Crippen LogP contribution < -0.4 is 10.6 Å². The van der Waals surface area contributed by atoms with E-state index in [2.05, 4.69) is 10.6 Å². The van der Waals surface area contributed by atoms with E-state index in [1.807, 2.05) is 13.8 Å². The molecule has 2 fully saturated rings. The van der Waals surface area contributed by atoms with Gasteiger partial charge in [0, 0.05) is 36.8 Å². The minimum atomic E-state index is -5.08. The number of likely N-dealkylation sites (tertiary alicyclic amines) is 1. The Morgan fingerprint density at radius 2 is 1.59 bits per heavy atom. The van der Waals surface area contributed by atoms with Crippen LogP contribution in [0.3, 0.4) is 0 Å². The maximum Gasteiger partial charge on any atom is 0.490 e. The summed E-state index contributed by atoms with van der Waals surface area (Å²) in [6, 6.07) is 6.99. The van der Waals surface area contributed by atoms with Crippen molar-refractivity contribution >= 4 is 29.4 Å². The fourth-order valence-corrected chi connectivity index (χ4v) is 4.32. The first-order chi connectivity index (χ1) is 17.4. The molecule has 1 atom stereocenters. The van der Waals surface area contributed by atoms with Gasteiger partial charge in [-0.15, -0.1) is 0 Å². The summed E-state index contributed by atoms with van der Waals surface area (Å²) in [5.41, 5.74) is 1.27. The summed E-state index contributed by atoms with van der Waals surface area (Å²) < 4.78 is 31.7. The maximum absolute atomic E-state index is 12.9. The summed E-state index contributed by atoms with van der Waals surface area (Å²) in [6.07, 6.45) is 2.87. The van der Waals surface area contributed by atoms with Crippen molar-refractivity contribution in [2.24, 2.45) is 17.8 Å². The lowest BCUT2D eigenvalue weighted by atomic mass is 9.89. The van der Waals surface area contributed by atoms with E-state index in [1.165, 1.54) is 32.1 Å². The number of carboxylic acid groups (broad SMARTS) is 1. The zero-order chi connectivity index (χ0) is 27.6. The quantitative estimate of drug-likeness (QED) is 0.505. The summed E-state index contributed by atoms with van der Waals surface area (Å²) in [5, 5.41) is 13.1. The molecule has 206 valence electrons. The largest absolute Gasteiger partial charge is 0.490 e. The molecule has 1 unspecified atom stereocenters. The van der Waals surface area contributed by atoms with Crippen molar-refractivity contribution in [3.8, 4) is 0 Å². The number of nitrogens with zero attached hydrogens (tertiary/aromatic N) is 1. The maximum atomic E-state index is 12.9. The van der Waals surface area contributed by atoms with Crippen LogP contribution in [0.5, 0.6) is 0 Å². The smallest absolute Gasteiger partial charge is 0.475 e. The Hall–Kier alpha value is -3.11. The molecule has 1 aliphatic carbocycles. The third-order valence-electron chi connectivity index (χ3n) is 6.54. The summed E-state index contributed by atoms with van der Waals surface area (Å²) in [5.74, 6) is -2.39. The Labute approximate surface area is 215 Å². The Balaban J connectivity index is 0.000000604. The zero-order valence-electron chi connectivity index (χ0n) is 21.3. The third-order valence-corrected chi connectivity index (χ3v) is 6.54. The number of halogens is 3. The first-order valence-electron chi connectivity index (χ1n) is 12.7. The van der Waals surface area contributed by atoms with Crippen LogP contribution in [0.4, 0.5) is 18.9 Å². The van der Waals surface area contributed by atoms with Crippen LogP contribution in [0, 0.1) is 17.8 Å². The summed E-state index contributed by atoms with van der Waals surface area (Å²) in [7, 11) is 0. The minimum absolute atomic E-state index is 0.0489. The van der Waals surface area contributed by atoms with Gasteiger partial charge in [-0.1, -0.05) is 33.1 Å². The fourth-order valence-electron chi connectivity index (χ4n) is 4.32. The van der Waals surface area contributed by atoms with Crippen LogP contribution in [0.15, 0.2) is 24.3 Å². The monoisotopic (exact) mass is 527 g/mol. The second kappa shape index (κ2) is 14.0. The van der Waals surface area contributed by atoms with E-state index >= 15 is 0 Å². The molecule has 3 amide bonds. The number of piperidine rings is 1. The number of anilines is 1. The first-order valence-corrected chi connectivity index (χ1v) is 12.7. The molecule has 2 aliphatic rings. The number of amides is 3. The van der Waals surface area contributed by atoms with Gasteiger partial charge in [-0.3, -0.25) is 14.4 Å². The molecular formula is C26H36F3N3O5. The number of hydrogen-bond donors (Lipinski definition) is 3. The standard InChI is InChI=1S/C24H35N3O3.C2HF3O2/c1-17(2)22(28)26-21-12-10-19(11-13-21)24(30)27-14-6-9-20(16-27)23(29)25-15-18-7-4-3-5-8-18;3-2(4,5)1(6)7/h10-13,17-18,20H,3-9,14-16H2,1-2H3,(H,25,29)(H,26,28);(H,6,7). The summed E-state index contributed by atoms with van der Waals surface area (Å²) in [6.45, 7) is 5.60. The zero-order valence-corrected chi connectivity index (χ0v) is 21.3. The van der Waals surface area contributed by atoms with Gasteiger partial charge in [0.2, 0.25) is 11.8 Å². The molecule has 11 heteroatoms. The highest BCUT2D eigenvalue weighted by Crippen LogP contribution is 2.24. The molecule has 1 aromatic rings. The molecule has 1 aliphatic heterocycles. The molecule has 1 aromatic carbocycles. The molecule has 3 N–H and O–H groups in total. The normalized spacial score (nSPS) is 18.4. The van der Waals surface area contributed by atoms with Crippen LogP contribution in [-0.2, 0) is 14.4 Å². The van der Waals surface area contributed by atoms with Crippen molar-refractivity contribution in [2.75, 3.05) is 25.0 Å². The average molecular weight is 528 g/mol. The van der Waals surface area contributed by atoms with Crippen LogP contribution in [0.1, 0.15) is 69.2 Å². The number of rotatable bonds is 6. The first kappa shape index (κ1) is 30.1. The lowest BCUT2D eigenvalue weighted by Gasteiger charge is -2.32. The van der Waals surface area contributed by atoms with Crippen molar-refractivity contribution in [1.82, 2.24) is 10.2 Å². The Morgan fingerprint density at radius 1 is 1.00 bits per heavy atom. The van der Waals surface area contributed by atoms with Gasteiger partial charge < -0.3 is 20.6 Å². The van der Waals surface area contributed by atoms with Gasteiger partial charge >= 0.3 is 12.1 Å². The lowest BCUT2D eigenvalue weighted by Crippen LogP contribution is -2.46. The van der Waals surface area contributed by atoms with E-state index in [-0.39, 0.29) is 29.6 Å².